The van der Waals surface area contributed by atoms with E-state index in [1.165, 1.54) is 12.2 Å². The van der Waals surface area contributed by atoms with E-state index in [0.717, 1.165) is 11.5 Å². The van der Waals surface area contributed by atoms with E-state index in [1.807, 2.05) is 26.0 Å². The third kappa shape index (κ3) is 5.57. The van der Waals surface area contributed by atoms with Gasteiger partial charge in [0.1, 0.15) is 34.7 Å². The van der Waals surface area contributed by atoms with Crippen molar-refractivity contribution < 1.29 is 18.4 Å². The summed E-state index contributed by atoms with van der Waals surface area (Å²) >= 11 is 0. The zero-order valence-electron chi connectivity index (χ0n) is 15.4. The molecule has 0 spiro atoms. The van der Waals surface area contributed by atoms with Gasteiger partial charge in [-0.1, -0.05) is 6.07 Å². The lowest BCUT2D eigenvalue weighted by Gasteiger charge is -2.05. The zero-order chi connectivity index (χ0) is 19.9. The first-order valence-corrected chi connectivity index (χ1v) is 8.56. The van der Waals surface area contributed by atoms with Crippen molar-refractivity contribution in [3.8, 4) is 0 Å². The Labute approximate surface area is 161 Å². The predicted molar refractivity (Wildman–Crippen MR) is 106 cm³/mol. The number of carbonyl (C=O) groups excluding carboxylic acids is 2. The molecule has 0 aliphatic carbocycles. The van der Waals surface area contributed by atoms with Gasteiger partial charge in [0.05, 0.1) is 0 Å². The maximum absolute atomic E-state index is 12.0. The monoisotopic (exact) mass is 377 g/mol. The first-order chi connectivity index (χ1) is 13.5. The van der Waals surface area contributed by atoms with Crippen molar-refractivity contribution in [1.29, 1.82) is 0 Å². The van der Waals surface area contributed by atoms with Crippen molar-refractivity contribution in [1.82, 2.24) is 4.98 Å². The van der Waals surface area contributed by atoms with Gasteiger partial charge in [0, 0.05) is 12.2 Å². The van der Waals surface area contributed by atoms with Crippen LogP contribution in [0.4, 0.5) is 11.6 Å². The minimum absolute atomic E-state index is 0.314. The molecule has 2 N–H and O–H groups in total. The smallest absolute Gasteiger partial charge is 0.249 e. The van der Waals surface area contributed by atoms with Gasteiger partial charge in [-0.05, 0) is 62.4 Å². The summed E-state index contributed by atoms with van der Waals surface area (Å²) in [6.45, 7) is 3.65. The van der Waals surface area contributed by atoms with E-state index in [0.29, 0.717) is 23.2 Å². The Balaban J connectivity index is 1.57. The molecule has 3 aromatic heterocycles. The summed E-state index contributed by atoms with van der Waals surface area (Å²) in [5.41, 5.74) is 0. The van der Waals surface area contributed by atoms with E-state index in [2.05, 4.69) is 15.6 Å². The molecule has 7 nitrogen and oxygen atoms in total. The largest absolute Gasteiger partial charge is 0.462 e. The van der Waals surface area contributed by atoms with Crippen molar-refractivity contribution in [2.45, 2.75) is 13.8 Å². The summed E-state index contributed by atoms with van der Waals surface area (Å²) in [7, 11) is 0. The normalized spacial score (nSPS) is 11.2. The molecule has 0 saturated heterocycles. The molecule has 0 fully saturated rings. The number of pyridine rings is 1. The van der Waals surface area contributed by atoms with Crippen LogP contribution < -0.4 is 10.6 Å². The molecular weight excluding hydrogens is 358 g/mol. The number of nitrogens with one attached hydrogen (secondary N) is 2. The lowest BCUT2D eigenvalue weighted by molar-refractivity contribution is -0.112. The SMILES string of the molecule is Cc1ccc(C=CC(=O)Nc2cccc(NC(=O)C=Cc3ccc(C)o3)n2)o1. The molecule has 3 heterocycles. The number of rotatable bonds is 6. The summed E-state index contributed by atoms with van der Waals surface area (Å²) in [5.74, 6) is 2.60. The van der Waals surface area contributed by atoms with Gasteiger partial charge in [0.2, 0.25) is 11.8 Å². The highest BCUT2D eigenvalue weighted by Gasteiger charge is 2.04. The molecule has 2 amide bonds. The molecule has 3 rings (SSSR count). The fourth-order valence-corrected chi connectivity index (χ4v) is 2.31. The third-order valence-electron chi connectivity index (χ3n) is 3.57. The first-order valence-electron chi connectivity index (χ1n) is 8.56. The van der Waals surface area contributed by atoms with Gasteiger partial charge in [-0.3, -0.25) is 9.59 Å². The molecule has 28 heavy (non-hydrogen) atoms. The Morgan fingerprint density at radius 2 is 1.25 bits per heavy atom. The van der Waals surface area contributed by atoms with Gasteiger partial charge in [-0.15, -0.1) is 0 Å². The van der Waals surface area contributed by atoms with Gasteiger partial charge in [-0.25, -0.2) is 4.98 Å². The summed E-state index contributed by atoms with van der Waals surface area (Å²) in [4.78, 5) is 28.2. The van der Waals surface area contributed by atoms with E-state index < -0.39 is 0 Å². The van der Waals surface area contributed by atoms with E-state index in [4.69, 9.17) is 8.83 Å². The molecule has 0 aliphatic heterocycles. The van der Waals surface area contributed by atoms with Crippen LogP contribution >= 0.6 is 0 Å². The van der Waals surface area contributed by atoms with E-state index >= 15 is 0 Å². The van der Waals surface area contributed by atoms with Crippen LogP contribution in [0.3, 0.4) is 0 Å². The first kappa shape index (κ1) is 18.9. The van der Waals surface area contributed by atoms with Crippen molar-refractivity contribution in [2.24, 2.45) is 0 Å². The Hall–Kier alpha value is -3.87. The molecule has 3 aromatic rings. The fraction of sp³-hybridized carbons (Fsp3) is 0.0952. The second-order valence-corrected chi connectivity index (χ2v) is 5.95. The van der Waals surface area contributed by atoms with Gasteiger partial charge in [0.25, 0.3) is 0 Å². The standard InChI is InChI=1S/C21H19N3O4/c1-14-6-8-16(27-14)10-12-20(25)23-18-4-3-5-19(22-18)24-21(26)13-11-17-9-7-15(2)28-17/h3-13H,1-2H3,(H2,22,23,24,25,26). The number of hydrogen-bond acceptors (Lipinski definition) is 5. The number of hydrogen-bond donors (Lipinski definition) is 2. The topological polar surface area (TPSA) is 97.4 Å². The highest BCUT2D eigenvalue weighted by Crippen LogP contribution is 2.12. The lowest BCUT2D eigenvalue weighted by Crippen LogP contribution is -2.12. The van der Waals surface area contributed by atoms with Crippen LogP contribution in [-0.4, -0.2) is 16.8 Å². The number of furan rings is 2. The third-order valence-corrected chi connectivity index (χ3v) is 3.57. The molecule has 7 heteroatoms. The number of amides is 2. The van der Waals surface area contributed by atoms with Crippen molar-refractivity contribution in [2.75, 3.05) is 10.6 Å². The second kappa shape index (κ2) is 8.68. The summed E-state index contributed by atoms with van der Waals surface area (Å²) in [6, 6.07) is 12.1. The van der Waals surface area contributed by atoms with Crippen LogP contribution in [0, 0.1) is 13.8 Å². The summed E-state index contributed by atoms with van der Waals surface area (Å²) < 4.78 is 10.7. The Morgan fingerprint density at radius 3 is 1.64 bits per heavy atom. The molecule has 0 bridgehead atoms. The number of carbonyl (C=O) groups is 2. The Morgan fingerprint density at radius 1 is 0.786 bits per heavy atom. The van der Waals surface area contributed by atoms with Crippen molar-refractivity contribution in [3.63, 3.8) is 0 Å². The number of aromatic nitrogens is 1. The molecule has 0 radical (unpaired) electrons. The van der Waals surface area contributed by atoms with Crippen LogP contribution in [0.5, 0.6) is 0 Å². The molecule has 0 atom stereocenters. The number of anilines is 2. The molecule has 0 unspecified atom stereocenters. The maximum Gasteiger partial charge on any atom is 0.249 e. The van der Waals surface area contributed by atoms with Gasteiger partial charge in [0.15, 0.2) is 0 Å². The van der Waals surface area contributed by atoms with Crippen molar-refractivity contribution >= 4 is 35.6 Å². The van der Waals surface area contributed by atoms with E-state index in [1.54, 1.807) is 42.5 Å². The Bertz CT molecular complexity index is 964. The van der Waals surface area contributed by atoms with Crippen LogP contribution in [0.25, 0.3) is 12.2 Å². The van der Waals surface area contributed by atoms with Gasteiger partial charge in [-0.2, -0.15) is 0 Å². The summed E-state index contributed by atoms with van der Waals surface area (Å²) in [5, 5.41) is 5.26. The maximum atomic E-state index is 12.0. The van der Waals surface area contributed by atoms with Gasteiger partial charge < -0.3 is 19.5 Å². The average Bonchev–Trinajstić information content (AvgIpc) is 3.26. The van der Waals surface area contributed by atoms with Crippen LogP contribution in [0.15, 0.2) is 63.5 Å². The predicted octanol–water partition coefficient (Wildman–Crippen LogP) is 4.19. The fourth-order valence-electron chi connectivity index (χ4n) is 2.31. The quantitative estimate of drug-likeness (QED) is 0.628. The zero-order valence-corrected chi connectivity index (χ0v) is 15.4. The average molecular weight is 377 g/mol. The summed E-state index contributed by atoms with van der Waals surface area (Å²) in [6.07, 6.45) is 5.82. The van der Waals surface area contributed by atoms with Crippen LogP contribution in [-0.2, 0) is 9.59 Å². The lowest BCUT2D eigenvalue weighted by atomic mass is 10.3. The highest BCUT2D eigenvalue weighted by molar-refractivity contribution is 6.02. The van der Waals surface area contributed by atoms with Crippen LogP contribution in [0.2, 0.25) is 0 Å². The second-order valence-electron chi connectivity index (χ2n) is 5.95. The molecular formula is C21H19N3O4. The van der Waals surface area contributed by atoms with E-state index in [-0.39, 0.29) is 11.8 Å². The highest BCUT2D eigenvalue weighted by atomic mass is 16.3. The number of aryl methyl sites for hydroxylation is 2. The van der Waals surface area contributed by atoms with Crippen molar-refractivity contribution in [3.05, 3.63) is 77.7 Å². The molecule has 0 aromatic carbocycles. The molecule has 0 saturated carbocycles. The minimum atomic E-state index is -0.363. The number of nitrogens with zero attached hydrogens (tertiary/aromatic N) is 1. The molecule has 0 aliphatic rings. The van der Waals surface area contributed by atoms with E-state index in [9.17, 15) is 9.59 Å². The Kier molecular flexibility index (Phi) is 5.86. The van der Waals surface area contributed by atoms with Crippen LogP contribution in [0.1, 0.15) is 23.0 Å². The molecule has 142 valence electrons. The van der Waals surface area contributed by atoms with Gasteiger partial charge >= 0.3 is 0 Å². The minimum Gasteiger partial charge on any atom is -0.462 e.